The van der Waals surface area contributed by atoms with Gasteiger partial charge in [-0.3, -0.25) is 0 Å². The Kier molecular flexibility index (Phi) is 2.84. The first-order valence-electron chi connectivity index (χ1n) is 9.58. The summed E-state index contributed by atoms with van der Waals surface area (Å²) in [6.07, 6.45) is 20.6. The third-order valence-corrected chi connectivity index (χ3v) is 8.22. The average Bonchev–Trinajstić information content (AvgIpc) is 3.28. The highest BCUT2D eigenvalue weighted by Gasteiger charge is 2.49. The maximum absolute atomic E-state index is 2.48. The van der Waals surface area contributed by atoms with E-state index in [1.165, 1.54) is 49.4 Å². The molecule has 5 saturated carbocycles. The first-order valence-corrected chi connectivity index (χ1v) is 9.58. The van der Waals surface area contributed by atoms with Crippen molar-refractivity contribution in [3.63, 3.8) is 0 Å². The third-order valence-electron chi connectivity index (χ3n) is 8.22. The van der Waals surface area contributed by atoms with Crippen LogP contribution < -0.4 is 0 Å². The zero-order valence-electron chi connectivity index (χ0n) is 12.8. The molecule has 4 bridgehead atoms. The molecule has 8 unspecified atom stereocenters. The summed E-state index contributed by atoms with van der Waals surface area (Å²) in [5.74, 6) is 9.06. The molecule has 0 N–H and O–H groups in total. The van der Waals surface area contributed by atoms with Gasteiger partial charge in [-0.1, -0.05) is 25.0 Å². The molecule has 0 amide bonds. The smallest absolute Gasteiger partial charge is 0.0196 e. The molecule has 8 atom stereocenters. The molecule has 20 heavy (non-hydrogen) atoms. The van der Waals surface area contributed by atoms with Crippen LogP contribution in [-0.4, -0.2) is 0 Å². The number of allylic oxidation sites excluding steroid dienone is 2. The molecule has 0 saturated heterocycles. The number of fused-ring (bicyclic) bond motifs is 10. The molecule has 6 aliphatic rings. The van der Waals surface area contributed by atoms with Crippen molar-refractivity contribution in [2.45, 2.75) is 64.2 Å². The van der Waals surface area contributed by atoms with Crippen molar-refractivity contribution in [2.75, 3.05) is 0 Å². The van der Waals surface area contributed by atoms with Gasteiger partial charge < -0.3 is 0 Å². The van der Waals surface area contributed by atoms with Gasteiger partial charge in [-0.2, -0.15) is 0 Å². The number of hydrogen-bond donors (Lipinski definition) is 0. The second kappa shape index (κ2) is 4.62. The van der Waals surface area contributed by atoms with E-state index in [4.69, 9.17) is 0 Å². The summed E-state index contributed by atoms with van der Waals surface area (Å²) in [6.45, 7) is 0. The standard InChI is InChI=1S/C10H16.C10H14/c2*1-2-9-7-4-5-8(6-7)10(9)3-1/h7-10H,1-6H2;4-5,7-10H,1-3,6H2. The molecule has 6 aliphatic carbocycles. The predicted octanol–water partition coefficient (Wildman–Crippen LogP) is 5.44. The third kappa shape index (κ3) is 1.72. The van der Waals surface area contributed by atoms with Gasteiger partial charge in [0.05, 0.1) is 0 Å². The second-order valence-corrected chi connectivity index (χ2v) is 8.80. The SMILES string of the molecule is C1=CC2CC1C1CCCC21.C1CC2C3CCC(C3)C2C1. The van der Waals surface area contributed by atoms with Gasteiger partial charge in [0.15, 0.2) is 0 Å². The van der Waals surface area contributed by atoms with Gasteiger partial charge in [0.25, 0.3) is 0 Å². The Morgan fingerprint density at radius 1 is 0.500 bits per heavy atom. The monoisotopic (exact) mass is 270 g/mol. The van der Waals surface area contributed by atoms with Gasteiger partial charge in [-0.25, -0.2) is 0 Å². The summed E-state index contributed by atoms with van der Waals surface area (Å²) in [4.78, 5) is 0. The fraction of sp³-hybridized carbons (Fsp3) is 0.900. The lowest BCUT2D eigenvalue weighted by Gasteiger charge is -2.23. The lowest BCUT2D eigenvalue weighted by molar-refractivity contribution is 0.259. The molecule has 0 heteroatoms. The second-order valence-electron chi connectivity index (χ2n) is 8.80. The van der Waals surface area contributed by atoms with Gasteiger partial charge in [-0.05, 0) is 98.7 Å². The Morgan fingerprint density at radius 3 is 1.55 bits per heavy atom. The zero-order valence-corrected chi connectivity index (χ0v) is 12.8. The van der Waals surface area contributed by atoms with E-state index in [1.54, 1.807) is 38.5 Å². The summed E-state index contributed by atoms with van der Waals surface area (Å²) in [5, 5.41) is 0. The predicted molar refractivity (Wildman–Crippen MR) is 83.2 cm³/mol. The fourth-order valence-corrected chi connectivity index (χ4v) is 7.49. The largest absolute Gasteiger partial charge is 0.0848 e. The van der Waals surface area contributed by atoms with Crippen LogP contribution >= 0.6 is 0 Å². The number of hydrogen-bond acceptors (Lipinski definition) is 0. The Labute approximate surface area is 124 Å². The molecule has 110 valence electrons. The van der Waals surface area contributed by atoms with Crippen LogP contribution in [0.1, 0.15) is 64.2 Å². The minimum Gasteiger partial charge on any atom is -0.0848 e. The quantitative estimate of drug-likeness (QED) is 0.514. The normalized spacial score (nSPS) is 56.8. The van der Waals surface area contributed by atoms with Crippen molar-refractivity contribution in [1.82, 2.24) is 0 Å². The topological polar surface area (TPSA) is 0 Å². The molecule has 6 rings (SSSR count). The van der Waals surface area contributed by atoms with Crippen molar-refractivity contribution in [2.24, 2.45) is 47.3 Å². The maximum Gasteiger partial charge on any atom is -0.0196 e. The molecule has 0 radical (unpaired) electrons. The Morgan fingerprint density at radius 2 is 1.00 bits per heavy atom. The van der Waals surface area contributed by atoms with E-state index in [1.807, 2.05) is 0 Å². The summed E-state index contributed by atoms with van der Waals surface area (Å²) < 4.78 is 0. The van der Waals surface area contributed by atoms with E-state index in [0.29, 0.717) is 0 Å². The summed E-state index contributed by atoms with van der Waals surface area (Å²) in [5.41, 5.74) is 0. The molecule has 0 spiro atoms. The lowest BCUT2D eigenvalue weighted by Crippen LogP contribution is -2.15. The molecular formula is C20H30. The highest BCUT2D eigenvalue weighted by atomic mass is 14.5. The van der Waals surface area contributed by atoms with Gasteiger partial charge in [0, 0.05) is 0 Å². The highest BCUT2D eigenvalue weighted by Crippen LogP contribution is 2.58. The van der Waals surface area contributed by atoms with Crippen molar-refractivity contribution < 1.29 is 0 Å². The zero-order chi connectivity index (χ0) is 13.1. The Bertz CT molecular complexity index is 374. The molecule has 5 fully saturated rings. The molecule has 0 aromatic rings. The van der Waals surface area contributed by atoms with Gasteiger partial charge in [0.2, 0.25) is 0 Å². The van der Waals surface area contributed by atoms with Crippen molar-refractivity contribution in [3.05, 3.63) is 12.2 Å². The first-order chi connectivity index (χ1) is 9.90. The van der Waals surface area contributed by atoms with Crippen LogP contribution in [0, 0.1) is 47.3 Å². The minimum atomic E-state index is 1.01. The molecule has 0 nitrogen and oxygen atoms in total. The average molecular weight is 270 g/mol. The maximum atomic E-state index is 2.48. The van der Waals surface area contributed by atoms with Gasteiger partial charge in [0.1, 0.15) is 0 Å². The van der Waals surface area contributed by atoms with Crippen LogP contribution in [0.25, 0.3) is 0 Å². The van der Waals surface area contributed by atoms with Crippen LogP contribution in [-0.2, 0) is 0 Å². The summed E-state index contributed by atoms with van der Waals surface area (Å²) >= 11 is 0. The first kappa shape index (κ1) is 12.3. The van der Waals surface area contributed by atoms with Crippen molar-refractivity contribution in [1.29, 1.82) is 0 Å². The molecule has 0 aliphatic heterocycles. The van der Waals surface area contributed by atoms with E-state index in [-0.39, 0.29) is 0 Å². The van der Waals surface area contributed by atoms with Crippen LogP contribution in [0.2, 0.25) is 0 Å². The van der Waals surface area contributed by atoms with Crippen LogP contribution in [0.5, 0.6) is 0 Å². The minimum absolute atomic E-state index is 1.01. The van der Waals surface area contributed by atoms with Crippen molar-refractivity contribution in [3.8, 4) is 0 Å². The van der Waals surface area contributed by atoms with Crippen molar-refractivity contribution >= 4 is 0 Å². The molecule has 0 aromatic carbocycles. The lowest BCUT2D eigenvalue weighted by atomic mass is 9.82. The highest BCUT2D eigenvalue weighted by molar-refractivity contribution is 5.14. The van der Waals surface area contributed by atoms with E-state index >= 15 is 0 Å². The van der Waals surface area contributed by atoms with E-state index in [0.717, 1.165) is 23.7 Å². The van der Waals surface area contributed by atoms with Crippen LogP contribution in [0.4, 0.5) is 0 Å². The van der Waals surface area contributed by atoms with E-state index < -0.39 is 0 Å². The molecular weight excluding hydrogens is 240 g/mol. The van der Waals surface area contributed by atoms with Crippen LogP contribution in [0.15, 0.2) is 12.2 Å². The molecule has 0 aromatic heterocycles. The van der Waals surface area contributed by atoms with Gasteiger partial charge >= 0.3 is 0 Å². The Hall–Kier alpha value is -0.260. The van der Waals surface area contributed by atoms with Gasteiger partial charge in [-0.15, -0.1) is 0 Å². The van der Waals surface area contributed by atoms with E-state index in [9.17, 15) is 0 Å². The fourth-order valence-electron chi connectivity index (χ4n) is 7.49. The summed E-state index contributed by atoms with van der Waals surface area (Å²) in [6, 6.07) is 0. The molecule has 0 heterocycles. The van der Waals surface area contributed by atoms with E-state index in [2.05, 4.69) is 12.2 Å². The summed E-state index contributed by atoms with van der Waals surface area (Å²) in [7, 11) is 0. The Balaban J connectivity index is 0.0000000960. The van der Waals surface area contributed by atoms with Crippen LogP contribution in [0.3, 0.4) is 0 Å². The number of rotatable bonds is 0.